The fraction of sp³-hybridized carbons (Fsp3) is 0.263. The Balaban J connectivity index is 1.82. The first-order valence-corrected chi connectivity index (χ1v) is 8.47. The summed E-state index contributed by atoms with van der Waals surface area (Å²) < 4.78 is 5.13. The maximum Gasteiger partial charge on any atom is 0.417 e. The van der Waals surface area contributed by atoms with E-state index in [9.17, 15) is 9.59 Å². The van der Waals surface area contributed by atoms with Crippen LogP contribution in [0.1, 0.15) is 17.0 Å². The average molecular weight is 359 g/mol. The Morgan fingerprint density at radius 1 is 1.20 bits per heavy atom. The van der Waals surface area contributed by atoms with Crippen molar-refractivity contribution in [1.82, 2.24) is 4.90 Å². The van der Waals surface area contributed by atoms with Crippen LogP contribution in [0.25, 0.3) is 0 Å². The molecule has 2 atom stereocenters. The van der Waals surface area contributed by atoms with Gasteiger partial charge >= 0.3 is 6.09 Å². The standard InChI is InChI=1S/C19H19ClN2O3/c20-15-8-6-14(7-9-15)17(11-21)18(23)22-16(12-25-19(22)24)10-13-4-2-1-3-5-13/h1-9,16-17H,10-12,21H2/t16-,17-/m1/s1. The van der Waals surface area contributed by atoms with E-state index < -0.39 is 12.0 Å². The number of amides is 2. The molecule has 0 bridgehead atoms. The normalized spacial score (nSPS) is 18.1. The van der Waals surface area contributed by atoms with Crippen LogP contribution in [0.5, 0.6) is 0 Å². The smallest absolute Gasteiger partial charge is 0.417 e. The number of nitrogens with zero attached hydrogens (tertiary/aromatic N) is 1. The van der Waals surface area contributed by atoms with Gasteiger partial charge in [-0.3, -0.25) is 4.79 Å². The van der Waals surface area contributed by atoms with Crippen LogP contribution in [0.2, 0.25) is 5.02 Å². The van der Waals surface area contributed by atoms with Crippen LogP contribution < -0.4 is 5.73 Å². The quantitative estimate of drug-likeness (QED) is 0.891. The summed E-state index contributed by atoms with van der Waals surface area (Å²) in [5.74, 6) is -0.950. The Kier molecular flexibility index (Phi) is 5.36. The molecule has 2 N–H and O–H groups in total. The van der Waals surface area contributed by atoms with E-state index >= 15 is 0 Å². The number of benzene rings is 2. The summed E-state index contributed by atoms with van der Waals surface area (Å²) in [4.78, 5) is 26.3. The minimum atomic E-state index is -0.613. The average Bonchev–Trinajstić information content (AvgIpc) is 2.98. The lowest BCUT2D eigenvalue weighted by molar-refractivity contribution is -0.130. The van der Waals surface area contributed by atoms with Gasteiger partial charge in [0, 0.05) is 11.6 Å². The summed E-state index contributed by atoms with van der Waals surface area (Å²) in [6.07, 6.45) is -0.0608. The van der Waals surface area contributed by atoms with Crippen LogP contribution >= 0.6 is 11.6 Å². The van der Waals surface area contributed by atoms with E-state index in [0.29, 0.717) is 11.4 Å². The third-order valence-corrected chi connectivity index (χ3v) is 4.57. The third-order valence-electron chi connectivity index (χ3n) is 4.32. The molecule has 0 radical (unpaired) electrons. The summed E-state index contributed by atoms with van der Waals surface area (Å²) in [6.45, 7) is 0.291. The van der Waals surface area contributed by atoms with E-state index in [1.54, 1.807) is 24.3 Å². The Bertz CT molecular complexity index is 749. The molecule has 0 saturated carbocycles. The van der Waals surface area contributed by atoms with Crippen molar-refractivity contribution in [3.05, 3.63) is 70.7 Å². The van der Waals surface area contributed by atoms with Gasteiger partial charge in [0.15, 0.2) is 0 Å². The highest BCUT2D eigenvalue weighted by Crippen LogP contribution is 2.25. The zero-order valence-corrected chi connectivity index (χ0v) is 14.4. The molecule has 1 aliphatic rings. The monoisotopic (exact) mass is 358 g/mol. The number of hydrogen-bond donors (Lipinski definition) is 1. The van der Waals surface area contributed by atoms with Crippen molar-refractivity contribution in [3.63, 3.8) is 0 Å². The molecule has 25 heavy (non-hydrogen) atoms. The van der Waals surface area contributed by atoms with Crippen LogP contribution in [0.15, 0.2) is 54.6 Å². The van der Waals surface area contributed by atoms with Crippen LogP contribution in [-0.4, -0.2) is 36.1 Å². The molecule has 3 rings (SSSR count). The van der Waals surface area contributed by atoms with E-state index in [1.165, 1.54) is 4.90 Å². The van der Waals surface area contributed by atoms with Crippen LogP contribution in [-0.2, 0) is 16.0 Å². The molecule has 130 valence electrons. The molecule has 6 heteroatoms. The number of imide groups is 1. The third kappa shape index (κ3) is 3.83. The second-order valence-corrected chi connectivity index (χ2v) is 6.40. The van der Waals surface area contributed by atoms with Gasteiger partial charge in [-0.2, -0.15) is 0 Å². The Morgan fingerprint density at radius 2 is 1.88 bits per heavy atom. The van der Waals surface area contributed by atoms with E-state index in [0.717, 1.165) is 11.1 Å². The lowest BCUT2D eigenvalue weighted by atomic mass is 9.96. The van der Waals surface area contributed by atoms with E-state index in [-0.39, 0.29) is 25.1 Å². The summed E-state index contributed by atoms with van der Waals surface area (Å²) in [7, 11) is 0. The number of carbonyl (C=O) groups excluding carboxylic acids is 2. The Labute approximate surface area is 151 Å². The first-order valence-electron chi connectivity index (χ1n) is 8.09. The number of rotatable bonds is 5. The topological polar surface area (TPSA) is 72.6 Å². The number of halogens is 1. The molecular formula is C19H19ClN2O3. The minimum Gasteiger partial charge on any atom is -0.447 e. The van der Waals surface area contributed by atoms with Gasteiger partial charge in [-0.25, -0.2) is 9.69 Å². The second-order valence-electron chi connectivity index (χ2n) is 5.97. The molecule has 1 aliphatic heterocycles. The predicted octanol–water partition coefficient (Wildman–Crippen LogP) is 2.97. The molecule has 0 unspecified atom stereocenters. The predicted molar refractivity (Wildman–Crippen MR) is 95.4 cm³/mol. The zero-order valence-electron chi connectivity index (χ0n) is 13.6. The minimum absolute atomic E-state index is 0.0995. The van der Waals surface area contributed by atoms with Crippen LogP contribution in [0.4, 0.5) is 4.79 Å². The lowest BCUT2D eigenvalue weighted by Crippen LogP contribution is -2.44. The first kappa shape index (κ1) is 17.5. The summed E-state index contributed by atoms with van der Waals surface area (Å²) >= 11 is 5.90. The highest BCUT2D eigenvalue weighted by atomic mass is 35.5. The van der Waals surface area contributed by atoms with E-state index in [2.05, 4.69) is 0 Å². The molecule has 0 aromatic heterocycles. The van der Waals surface area contributed by atoms with E-state index in [4.69, 9.17) is 22.1 Å². The largest absolute Gasteiger partial charge is 0.447 e. The molecule has 1 heterocycles. The molecule has 0 spiro atoms. The summed E-state index contributed by atoms with van der Waals surface area (Å²) in [6, 6.07) is 16.3. The van der Waals surface area contributed by atoms with Gasteiger partial charge in [-0.05, 0) is 29.7 Å². The van der Waals surface area contributed by atoms with Crippen molar-refractivity contribution >= 4 is 23.6 Å². The van der Waals surface area contributed by atoms with Gasteiger partial charge in [0.2, 0.25) is 5.91 Å². The lowest BCUT2D eigenvalue weighted by Gasteiger charge is -2.24. The molecular weight excluding hydrogens is 340 g/mol. The molecule has 2 aromatic rings. The van der Waals surface area contributed by atoms with Gasteiger partial charge in [0.05, 0.1) is 12.0 Å². The highest BCUT2D eigenvalue weighted by molar-refractivity contribution is 6.30. The van der Waals surface area contributed by atoms with Crippen LogP contribution in [0.3, 0.4) is 0 Å². The number of carbonyl (C=O) groups is 2. The first-order chi connectivity index (χ1) is 12.1. The van der Waals surface area contributed by atoms with Crippen molar-refractivity contribution in [2.24, 2.45) is 5.73 Å². The van der Waals surface area contributed by atoms with Gasteiger partial charge in [0.1, 0.15) is 6.61 Å². The molecule has 0 aliphatic carbocycles. The van der Waals surface area contributed by atoms with E-state index in [1.807, 2.05) is 30.3 Å². The van der Waals surface area contributed by atoms with Gasteiger partial charge in [-0.1, -0.05) is 54.1 Å². The van der Waals surface area contributed by atoms with Gasteiger partial charge in [0.25, 0.3) is 0 Å². The van der Waals surface area contributed by atoms with Crippen molar-refractivity contribution in [2.45, 2.75) is 18.4 Å². The van der Waals surface area contributed by atoms with Crippen molar-refractivity contribution in [3.8, 4) is 0 Å². The van der Waals surface area contributed by atoms with Gasteiger partial charge in [-0.15, -0.1) is 0 Å². The Hall–Kier alpha value is -2.37. The summed E-state index contributed by atoms with van der Waals surface area (Å²) in [5.41, 5.74) is 7.59. The fourth-order valence-corrected chi connectivity index (χ4v) is 3.14. The molecule has 5 nitrogen and oxygen atoms in total. The number of ether oxygens (including phenoxy) is 1. The number of hydrogen-bond acceptors (Lipinski definition) is 4. The van der Waals surface area contributed by atoms with Crippen molar-refractivity contribution in [1.29, 1.82) is 0 Å². The fourth-order valence-electron chi connectivity index (χ4n) is 3.01. The SMILES string of the molecule is NC[C@@H](C(=O)N1C(=O)OC[C@H]1Cc1ccccc1)c1ccc(Cl)cc1. The molecule has 2 amide bonds. The summed E-state index contributed by atoms with van der Waals surface area (Å²) in [5, 5.41) is 0.578. The van der Waals surface area contributed by atoms with Crippen LogP contribution in [0, 0.1) is 0 Å². The molecule has 1 fully saturated rings. The van der Waals surface area contributed by atoms with Crippen molar-refractivity contribution in [2.75, 3.05) is 13.2 Å². The Morgan fingerprint density at radius 3 is 2.52 bits per heavy atom. The maximum absolute atomic E-state index is 13.0. The van der Waals surface area contributed by atoms with Gasteiger partial charge < -0.3 is 10.5 Å². The van der Waals surface area contributed by atoms with Crippen molar-refractivity contribution < 1.29 is 14.3 Å². The number of nitrogens with two attached hydrogens (primary N) is 1. The molecule has 1 saturated heterocycles. The zero-order chi connectivity index (χ0) is 17.8. The second kappa shape index (κ2) is 7.68. The molecule has 2 aromatic carbocycles. The maximum atomic E-state index is 13.0. The number of cyclic esters (lactones) is 1. The highest BCUT2D eigenvalue weighted by Gasteiger charge is 2.40.